The van der Waals surface area contributed by atoms with Crippen LogP contribution in [-0.4, -0.2) is 27.3 Å². The van der Waals surface area contributed by atoms with Crippen molar-refractivity contribution in [2.45, 2.75) is 38.5 Å². The van der Waals surface area contributed by atoms with E-state index in [1.807, 2.05) is 25.1 Å². The average molecular weight is 240 g/mol. The predicted octanol–water partition coefficient (Wildman–Crippen LogP) is 2.75. The molecule has 0 amide bonds. The van der Waals surface area contributed by atoms with Crippen LogP contribution < -0.4 is 0 Å². The van der Waals surface area contributed by atoms with Crippen LogP contribution in [0, 0.1) is 6.92 Å². The Bertz CT molecular complexity index is 337. The van der Waals surface area contributed by atoms with E-state index in [0.29, 0.717) is 11.0 Å². The standard InChI is InChI=1S/C13H20O2S/c1-9-5-4-6-12(13(9)15)7-11(3)16-8-10(2)14/h4-6,10-11,14-15H,7-8H2,1-3H3. The SMILES string of the molecule is Cc1cccc(CC(C)SCC(C)O)c1O. The number of thioether (sulfide) groups is 1. The van der Waals surface area contributed by atoms with Crippen molar-refractivity contribution in [3.8, 4) is 5.75 Å². The third-order valence-corrected chi connectivity index (χ3v) is 3.86. The van der Waals surface area contributed by atoms with Crippen molar-refractivity contribution in [1.82, 2.24) is 0 Å². The fraction of sp³-hybridized carbons (Fsp3) is 0.538. The highest BCUT2D eigenvalue weighted by Crippen LogP contribution is 2.25. The first kappa shape index (κ1) is 13.4. The van der Waals surface area contributed by atoms with Crippen LogP contribution in [0.2, 0.25) is 0 Å². The smallest absolute Gasteiger partial charge is 0.121 e. The number of phenols is 1. The summed E-state index contributed by atoms with van der Waals surface area (Å²) in [6, 6.07) is 5.84. The van der Waals surface area contributed by atoms with E-state index in [-0.39, 0.29) is 6.10 Å². The van der Waals surface area contributed by atoms with E-state index in [1.165, 1.54) is 0 Å². The van der Waals surface area contributed by atoms with Gasteiger partial charge in [-0.3, -0.25) is 0 Å². The van der Waals surface area contributed by atoms with Crippen LogP contribution in [0.4, 0.5) is 0 Å². The summed E-state index contributed by atoms with van der Waals surface area (Å²) in [6.45, 7) is 5.82. The molecule has 0 aliphatic rings. The first-order chi connectivity index (χ1) is 7.50. The quantitative estimate of drug-likeness (QED) is 0.831. The van der Waals surface area contributed by atoms with E-state index in [9.17, 15) is 10.2 Å². The molecule has 0 aromatic heterocycles. The van der Waals surface area contributed by atoms with Gasteiger partial charge in [0.2, 0.25) is 0 Å². The maximum absolute atomic E-state index is 9.87. The maximum Gasteiger partial charge on any atom is 0.121 e. The van der Waals surface area contributed by atoms with Crippen LogP contribution in [0.3, 0.4) is 0 Å². The molecule has 0 radical (unpaired) electrons. The van der Waals surface area contributed by atoms with Crippen molar-refractivity contribution in [2.75, 3.05) is 5.75 Å². The first-order valence-electron chi connectivity index (χ1n) is 5.57. The van der Waals surface area contributed by atoms with Gasteiger partial charge in [0.15, 0.2) is 0 Å². The summed E-state index contributed by atoms with van der Waals surface area (Å²) in [5.41, 5.74) is 1.91. The van der Waals surface area contributed by atoms with E-state index >= 15 is 0 Å². The fourth-order valence-corrected chi connectivity index (χ4v) is 2.46. The minimum absolute atomic E-state index is 0.265. The van der Waals surface area contributed by atoms with Gasteiger partial charge in [-0.25, -0.2) is 0 Å². The molecule has 0 heterocycles. The fourth-order valence-electron chi connectivity index (χ4n) is 1.56. The lowest BCUT2D eigenvalue weighted by molar-refractivity contribution is 0.220. The molecule has 0 fully saturated rings. The highest BCUT2D eigenvalue weighted by molar-refractivity contribution is 7.99. The molecule has 1 aromatic rings. The molecule has 2 nitrogen and oxygen atoms in total. The molecule has 0 bridgehead atoms. The van der Waals surface area contributed by atoms with Crippen LogP contribution in [-0.2, 0) is 6.42 Å². The third kappa shape index (κ3) is 4.06. The van der Waals surface area contributed by atoms with Crippen molar-refractivity contribution in [2.24, 2.45) is 0 Å². The second-order valence-corrected chi connectivity index (χ2v) is 5.75. The third-order valence-electron chi connectivity index (χ3n) is 2.45. The number of benzene rings is 1. The molecule has 0 spiro atoms. The summed E-state index contributed by atoms with van der Waals surface area (Å²) in [6.07, 6.45) is 0.573. The Hall–Kier alpha value is -0.670. The highest BCUT2D eigenvalue weighted by Gasteiger charge is 2.10. The van der Waals surface area contributed by atoms with Gasteiger partial charge in [0.05, 0.1) is 6.10 Å². The van der Waals surface area contributed by atoms with Crippen LogP contribution >= 0.6 is 11.8 Å². The first-order valence-corrected chi connectivity index (χ1v) is 6.62. The minimum atomic E-state index is -0.265. The lowest BCUT2D eigenvalue weighted by Gasteiger charge is -2.14. The van der Waals surface area contributed by atoms with Crippen molar-refractivity contribution >= 4 is 11.8 Å². The van der Waals surface area contributed by atoms with Gasteiger partial charge >= 0.3 is 0 Å². The average Bonchev–Trinajstić information content (AvgIpc) is 2.22. The maximum atomic E-state index is 9.87. The number of aliphatic hydroxyl groups excluding tert-OH is 1. The van der Waals surface area contributed by atoms with E-state index < -0.39 is 0 Å². The molecular weight excluding hydrogens is 220 g/mol. The molecule has 1 rings (SSSR count). The van der Waals surface area contributed by atoms with E-state index in [2.05, 4.69) is 6.92 Å². The van der Waals surface area contributed by atoms with E-state index in [4.69, 9.17) is 0 Å². The Kier molecular flexibility index (Phi) is 5.16. The predicted molar refractivity (Wildman–Crippen MR) is 70.1 cm³/mol. The molecule has 0 aliphatic carbocycles. The second-order valence-electron chi connectivity index (χ2n) is 4.28. The Labute approximate surface area is 102 Å². The lowest BCUT2D eigenvalue weighted by Crippen LogP contribution is -2.09. The number of rotatable bonds is 5. The number of para-hydroxylation sites is 1. The lowest BCUT2D eigenvalue weighted by atomic mass is 10.1. The van der Waals surface area contributed by atoms with Gasteiger partial charge in [0, 0.05) is 11.0 Å². The molecule has 2 atom stereocenters. The summed E-state index contributed by atoms with van der Waals surface area (Å²) in [7, 11) is 0. The molecule has 0 saturated heterocycles. The van der Waals surface area contributed by atoms with Crippen molar-refractivity contribution in [3.05, 3.63) is 29.3 Å². The van der Waals surface area contributed by atoms with E-state index in [1.54, 1.807) is 18.7 Å². The molecule has 16 heavy (non-hydrogen) atoms. The topological polar surface area (TPSA) is 40.5 Å². The molecule has 1 aromatic carbocycles. The number of phenolic OH excluding ortho intramolecular Hbond substituents is 1. The number of hydrogen-bond donors (Lipinski definition) is 2. The summed E-state index contributed by atoms with van der Waals surface area (Å²) in [5.74, 6) is 1.15. The zero-order valence-corrected chi connectivity index (χ0v) is 10.9. The number of aryl methyl sites for hydroxylation is 1. The van der Waals surface area contributed by atoms with Gasteiger partial charge in [0.25, 0.3) is 0 Å². The van der Waals surface area contributed by atoms with Gasteiger partial charge in [-0.1, -0.05) is 25.1 Å². The summed E-state index contributed by atoms with van der Waals surface area (Å²) < 4.78 is 0. The van der Waals surface area contributed by atoms with Gasteiger partial charge in [-0.05, 0) is 31.4 Å². The number of hydrogen-bond acceptors (Lipinski definition) is 3. The summed E-state index contributed by atoms with van der Waals surface area (Å²) in [4.78, 5) is 0. The van der Waals surface area contributed by atoms with Crippen LogP contribution in [0.5, 0.6) is 5.75 Å². The molecular formula is C13H20O2S. The molecule has 3 heteroatoms. The zero-order valence-electron chi connectivity index (χ0n) is 10.1. The van der Waals surface area contributed by atoms with E-state index in [0.717, 1.165) is 23.3 Å². The monoisotopic (exact) mass is 240 g/mol. The Morgan fingerprint density at radius 1 is 1.31 bits per heavy atom. The van der Waals surface area contributed by atoms with Gasteiger partial charge in [0.1, 0.15) is 5.75 Å². The Morgan fingerprint density at radius 2 is 2.00 bits per heavy atom. The highest BCUT2D eigenvalue weighted by atomic mass is 32.2. The zero-order chi connectivity index (χ0) is 12.1. The largest absolute Gasteiger partial charge is 0.507 e. The van der Waals surface area contributed by atoms with Crippen LogP contribution in [0.1, 0.15) is 25.0 Å². The second kappa shape index (κ2) is 6.16. The summed E-state index contributed by atoms with van der Waals surface area (Å²) >= 11 is 1.73. The molecule has 0 saturated carbocycles. The molecule has 2 N–H and O–H groups in total. The number of aromatic hydroxyl groups is 1. The Morgan fingerprint density at radius 3 is 2.62 bits per heavy atom. The Balaban J connectivity index is 2.56. The van der Waals surface area contributed by atoms with Gasteiger partial charge in [-0.2, -0.15) is 11.8 Å². The summed E-state index contributed by atoms with van der Waals surface area (Å²) in [5, 5.41) is 19.5. The van der Waals surface area contributed by atoms with Crippen LogP contribution in [0.15, 0.2) is 18.2 Å². The minimum Gasteiger partial charge on any atom is -0.507 e. The molecule has 2 unspecified atom stereocenters. The van der Waals surface area contributed by atoms with Crippen molar-refractivity contribution < 1.29 is 10.2 Å². The van der Waals surface area contributed by atoms with Crippen molar-refractivity contribution in [3.63, 3.8) is 0 Å². The molecule has 0 aliphatic heterocycles. The van der Waals surface area contributed by atoms with Crippen molar-refractivity contribution in [1.29, 1.82) is 0 Å². The number of aliphatic hydroxyl groups is 1. The van der Waals surface area contributed by atoms with Crippen LogP contribution in [0.25, 0.3) is 0 Å². The normalized spacial score (nSPS) is 14.8. The molecule has 90 valence electrons. The van der Waals surface area contributed by atoms with Gasteiger partial charge in [-0.15, -0.1) is 0 Å². The van der Waals surface area contributed by atoms with Gasteiger partial charge < -0.3 is 10.2 Å².